The second-order valence-electron chi connectivity index (χ2n) is 4.65. The number of methoxy groups -OCH3 is 1. The van der Waals surface area contributed by atoms with Gasteiger partial charge in [0, 0.05) is 13.2 Å². The predicted octanol–water partition coefficient (Wildman–Crippen LogP) is 2.50. The molecule has 82 valence electrons. The average molecular weight is 197 g/mol. The van der Waals surface area contributed by atoms with Gasteiger partial charge in [-0.15, -0.1) is 0 Å². The van der Waals surface area contributed by atoms with E-state index >= 15 is 0 Å². The third-order valence-electron chi connectivity index (χ3n) is 2.98. The van der Waals surface area contributed by atoms with Crippen LogP contribution in [0.3, 0.4) is 0 Å². The molecule has 1 N–H and O–H groups in total. The van der Waals surface area contributed by atoms with Crippen molar-refractivity contribution in [1.82, 2.24) is 5.32 Å². The lowest BCUT2D eigenvalue weighted by atomic mass is 10.0. The summed E-state index contributed by atoms with van der Waals surface area (Å²) in [5.41, 5.74) is 0.0114. The monoisotopic (exact) mass is 197 g/mol. The van der Waals surface area contributed by atoms with E-state index in [2.05, 4.69) is 31.3 Å². The molecular weight excluding hydrogens is 174 g/mol. The van der Waals surface area contributed by atoms with Gasteiger partial charge in [0.25, 0.3) is 0 Å². The van der Waals surface area contributed by atoms with E-state index in [0.717, 1.165) is 13.0 Å². The molecule has 0 fully saturated rings. The molecule has 0 aliphatic heterocycles. The summed E-state index contributed by atoms with van der Waals surface area (Å²) >= 11 is 0. The van der Waals surface area contributed by atoms with E-state index in [9.17, 15) is 0 Å². The highest BCUT2D eigenvalue weighted by molar-refractivity contribution is 4.93. The van der Waals surface area contributed by atoms with Crippen LogP contribution >= 0.6 is 0 Å². The topological polar surface area (TPSA) is 21.3 Å². The molecule has 0 saturated heterocycles. The van der Waals surface area contributed by atoms with Crippen LogP contribution in [0.25, 0.3) is 0 Å². The highest BCUT2D eigenvalue weighted by atomic mass is 16.5. The van der Waals surface area contributed by atoms with Crippen LogP contribution in [0.15, 0.2) is 12.2 Å². The van der Waals surface area contributed by atoms with Crippen molar-refractivity contribution in [2.45, 2.75) is 51.2 Å². The van der Waals surface area contributed by atoms with Gasteiger partial charge in [0.1, 0.15) is 0 Å². The van der Waals surface area contributed by atoms with E-state index in [1.807, 2.05) is 0 Å². The van der Waals surface area contributed by atoms with Crippen LogP contribution in [0.4, 0.5) is 0 Å². The molecule has 0 aromatic heterocycles. The average Bonchev–Trinajstić information content (AvgIpc) is 2.19. The fourth-order valence-electron chi connectivity index (χ4n) is 1.66. The molecule has 2 heteroatoms. The first-order valence-electron chi connectivity index (χ1n) is 5.57. The zero-order chi connectivity index (χ0) is 10.4. The van der Waals surface area contributed by atoms with Gasteiger partial charge in [0.05, 0.1) is 5.60 Å². The van der Waals surface area contributed by atoms with Gasteiger partial charge in [-0.05, 0) is 46.1 Å². The Bertz CT molecular complexity index is 187. The first-order chi connectivity index (χ1) is 6.64. The SMILES string of the molecule is COC(C)(C)CCNC1CC=CCC1. The Hall–Kier alpha value is -0.340. The van der Waals surface area contributed by atoms with E-state index in [-0.39, 0.29) is 5.60 Å². The zero-order valence-electron chi connectivity index (χ0n) is 9.68. The predicted molar refractivity (Wildman–Crippen MR) is 60.5 cm³/mol. The second kappa shape index (κ2) is 5.52. The molecule has 0 amide bonds. The number of rotatable bonds is 5. The van der Waals surface area contributed by atoms with Crippen molar-refractivity contribution in [3.8, 4) is 0 Å². The molecule has 0 heterocycles. The maximum absolute atomic E-state index is 5.37. The quantitative estimate of drug-likeness (QED) is 0.684. The van der Waals surface area contributed by atoms with Crippen LogP contribution < -0.4 is 5.32 Å². The minimum absolute atomic E-state index is 0.0114. The number of hydrogen-bond donors (Lipinski definition) is 1. The normalized spacial score (nSPS) is 22.6. The van der Waals surface area contributed by atoms with Gasteiger partial charge < -0.3 is 10.1 Å². The van der Waals surface area contributed by atoms with Gasteiger partial charge in [0.2, 0.25) is 0 Å². The Morgan fingerprint density at radius 2 is 2.21 bits per heavy atom. The third-order valence-corrected chi connectivity index (χ3v) is 2.98. The van der Waals surface area contributed by atoms with Gasteiger partial charge in [0.15, 0.2) is 0 Å². The fraction of sp³-hybridized carbons (Fsp3) is 0.833. The Balaban J connectivity index is 2.11. The molecule has 2 nitrogen and oxygen atoms in total. The summed E-state index contributed by atoms with van der Waals surface area (Å²) in [7, 11) is 1.78. The lowest BCUT2D eigenvalue weighted by Crippen LogP contribution is -2.35. The third kappa shape index (κ3) is 4.25. The maximum Gasteiger partial charge on any atom is 0.0634 e. The minimum atomic E-state index is 0.0114. The van der Waals surface area contributed by atoms with Gasteiger partial charge in [-0.1, -0.05) is 12.2 Å². The minimum Gasteiger partial charge on any atom is -0.379 e. The van der Waals surface area contributed by atoms with Crippen molar-refractivity contribution in [2.24, 2.45) is 0 Å². The first-order valence-corrected chi connectivity index (χ1v) is 5.57. The highest BCUT2D eigenvalue weighted by Gasteiger charge is 2.16. The second-order valence-corrected chi connectivity index (χ2v) is 4.65. The molecule has 1 rings (SSSR count). The van der Waals surface area contributed by atoms with Crippen molar-refractivity contribution in [1.29, 1.82) is 0 Å². The lowest BCUT2D eigenvalue weighted by molar-refractivity contribution is 0.0153. The Morgan fingerprint density at radius 3 is 2.79 bits per heavy atom. The molecular formula is C12H23NO. The van der Waals surface area contributed by atoms with E-state index < -0.39 is 0 Å². The molecule has 0 saturated carbocycles. The molecule has 1 aliphatic rings. The molecule has 0 aromatic rings. The number of ether oxygens (including phenoxy) is 1. The smallest absolute Gasteiger partial charge is 0.0634 e. The fourth-order valence-corrected chi connectivity index (χ4v) is 1.66. The Labute approximate surface area is 87.7 Å². The largest absolute Gasteiger partial charge is 0.379 e. The van der Waals surface area contributed by atoms with Gasteiger partial charge in [-0.25, -0.2) is 0 Å². The summed E-state index contributed by atoms with van der Waals surface area (Å²) in [6.45, 7) is 5.32. The van der Waals surface area contributed by atoms with Gasteiger partial charge >= 0.3 is 0 Å². The van der Waals surface area contributed by atoms with Crippen LogP contribution in [-0.2, 0) is 4.74 Å². The summed E-state index contributed by atoms with van der Waals surface area (Å²) in [6.07, 6.45) is 9.33. The standard InChI is InChI=1S/C12H23NO/c1-12(2,14-3)9-10-13-11-7-5-4-6-8-11/h4-5,11,13H,6-10H2,1-3H3. The van der Waals surface area contributed by atoms with Crippen LogP contribution in [0.5, 0.6) is 0 Å². The summed E-state index contributed by atoms with van der Waals surface area (Å²) < 4.78 is 5.37. The molecule has 0 aromatic carbocycles. The van der Waals surface area contributed by atoms with Crippen LogP contribution in [0.2, 0.25) is 0 Å². The van der Waals surface area contributed by atoms with E-state index in [1.54, 1.807) is 7.11 Å². The molecule has 14 heavy (non-hydrogen) atoms. The zero-order valence-corrected chi connectivity index (χ0v) is 9.68. The molecule has 1 unspecified atom stereocenters. The Kier molecular flexibility index (Phi) is 4.63. The van der Waals surface area contributed by atoms with E-state index in [1.165, 1.54) is 19.3 Å². The summed E-state index contributed by atoms with van der Waals surface area (Å²) in [5.74, 6) is 0. The number of nitrogens with one attached hydrogen (secondary N) is 1. The number of hydrogen-bond acceptors (Lipinski definition) is 2. The van der Waals surface area contributed by atoms with Crippen molar-refractivity contribution in [2.75, 3.05) is 13.7 Å². The van der Waals surface area contributed by atoms with E-state index in [0.29, 0.717) is 6.04 Å². The maximum atomic E-state index is 5.37. The van der Waals surface area contributed by atoms with Crippen LogP contribution in [-0.4, -0.2) is 25.3 Å². The molecule has 0 spiro atoms. The Morgan fingerprint density at radius 1 is 1.43 bits per heavy atom. The van der Waals surface area contributed by atoms with E-state index in [4.69, 9.17) is 4.74 Å². The van der Waals surface area contributed by atoms with Crippen molar-refractivity contribution in [3.05, 3.63) is 12.2 Å². The lowest BCUT2D eigenvalue weighted by Gasteiger charge is -2.25. The molecule has 0 radical (unpaired) electrons. The van der Waals surface area contributed by atoms with Gasteiger partial charge in [-0.3, -0.25) is 0 Å². The van der Waals surface area contributed by atoms with Crippen molar-refractivity contribution in [3.63, 3.8) is 0 Å². The highest BCUT2D eigenvalue weighted by Crippen LogP contribution is 2.14. The van der Waals surface area contributed by atoms with Crippen LogP contribution in [0, 0.1) is 0 Å². The molecule has 0 bridgehead atoms. The first kappa shape index (κ1) is 11.7. The van der Waals surface area contributed by atoms with Crippen molar-refractivity contribution >= 4 is 0 Å². The molecule has 1 atom stereocenters. The van der Waals surface area contributed by atoms with Crippen molar-refractivity contribution < 1.29 is 4.74 Å². The van der Waals surface area contributed by atoms with Gasteiger partial charge in [-0.2, -0.15) is 0 Å². The summed E-state index contributed by atoms with van der Waals surface area (Å²) in [6, 6.07) is 0.688. The summed E-state index contributed by atoms with van der Waals surface area (Å²) in [4.78, 5) is 0. The number of allylic oxidation sites excluding steroid dienone is 1. The van der Waals surface area contributed by atoms with Crippen LogP contribution in [0.1, 0.15) is 39.5 Å². The molecule has 1 aliphatic carbocycles. The summed E-state index contributed by atoms with van der Waals surface area (Å²) in [5, 5.41) is 3.58.